The van der Waals surface area contributed by atoms with Gasteiger partial charge < -0.3 is 10.4 Å². The Hall–Kier alpha value is -1.95. The van der Waals surface area contributed by atoms with E-state index in [0.29, 0.717) is 0 Å². The quantitative estimate of drug-likeness (QED) is 0.740. The second-order valence-electron chi connectivity index (χ2n) is 4.19. The fourth-order valence-electron chi connectivity index (χ4n) is 1.91. The summed E-state index contributed by atoms with van der Waals surface area (Å²) in [5.74, 6) is 0. The van der Waals surface area contributed by atoms with E-state index in [1.54, 1.807) is 23.5 Å². The number of para-hydroxylation sites is 1. The Balaban J connectivity index is 1.84. The predicted molar refractivity (Wildman–Crippen MR) is 76.5 cm³/mol. The Kier molecular flexibility index (Phi) is 3.16. The largest absolute Gasteiger partial charge is 0.733 e. The molecule has 96 valence electrons. The van der Waals surface area contributed by atoms with E-state index in [1.165, 1.54) is 4.70 Å². The number of thiazole rings is 1. The fourth-order valence-corrected chi connectivity index (χ4v) is 2.91. The molecule has 0 aliphatic carbocycles. The molecule has 0 saturated carbocycles. The van der Waals surface area contributed by atoms with Crippen molar-refractivity contribution in [3.63, 3.8) is 0 Å². The Labute approximate surface area is 114 Å². The lowest BCUT2D eigenvalue weighted by Crippen LogP contribution is -2.06. The van der Waals surface area contributed by atoms with Crippen molar-refractivity contribution in [2.24, 2.45) is 0 Å². The number of hydrogen-bond acceptors (Lipinski definition) is 5. The van der Waals surface area contributed by atoms with Crippen molar-refractivity contribution in [2.75, 3.05) is 5.23 Å². The van der Waals surface area contributed by atoms with Gasteiger partial charge in [0.15, 0.2) is 0 Å². The number of rotatable bonds is 3. The van der Waals surface area contributed by atoms with Gasteiger partial charge in [-0.15, -0.1) is 11.3 Å². The first-order valence-corrected chi connectivity index (χ1v) is 6.63. The maximum atomic E-state index is 10.7. The Morgan fingerprint density at radius 1 is 1.11 bits per heavy atom. The number of nitrogens with zero attached hydrogens (tertiary/aromatic N) is 2. The van der Waals surface area contributed by atoms with Crippen LogP contribution in [0.5, 0.6) is 0 Å². The van der Waals surface area contributed by atoms with Crippen molar-refractivity contribution in [2.45, 2.75) is 6.42 Å². The third-order valence-corrected chi connectivity index (χ3v) is 3.89. The number of hydrogen-bond donors (Lipinski definition) is 1. The van der Waals surface area contributed by atoms with Gasteiger partial charge in [0.05, 0.1) is 20.9 Å². The third kappa shape index (κ3) is 2.58. The van der Waals surface area contributed by atoms with Crippen LogP contribution in [0.3, 0.4) is 0 Å². The highest BCUT2D eigenvalue weighted by Gasteiger charge is 2.04. The molecule has 1 aromatic heterocycles. The molecule has 0 fully saturated rings. The van der Waals surface area contributed by atoms with Crippen molar-refractivity contribution in [3.8, 4) is 0 Å². The summed E-state index contributed by atoms with van der Waals surface area (Å²) in [5.41, 5.74) is 2.30. The molecule has 0 atom stereocenters. The van der Waals surface area contributed by atoms with Gasteiger partial charge in [-0.05, 0) is 29.8 Å². The fraction of sp³-hybridized carbons (Fsp3) is 0.0714. The van der Waals surface area contributed by atoms with Crippen LogP contribution in [0.2, 0.25) is 0 Å². The van der Waals surface area contributed by atoms with E-state index >= 15 is 0 Å². The topological polar surface area (TPSA) is 59.4 Å². The summed E-state index contributed by atoms with van der Waals surface area (Å²) in [5, 5.41) is 20.4. The monoisotopic (exact) mass is 271 g/mol. The number of benzene rings is 2. The first-order chi connectivity index (χ1) is 9.22. The minimum Gasteiger partial charge on any atom is -0.733 e. The van der Waals surface area contributed by atoms with Crippen molar-refractivity contribution in [1.29, 1.82) is 0 Å². The molecule has 0 aliphatic rings. The molecule has 0 radical (unpaired) electrons. The SMILES string of the molecule is [O-]N(O)c1ccc(Cc2nc3ccccc3s2)cc1. The van der Waals surface area contributed by atoms with Crippen molar-refractivity contribution in [3.05, 3.63) is 64.3 Å². The van der Waals surface area contributed by atoms with Crippen LogP contribution in [-0.2, 0) is 6.42 Å². The summed E-state index contributed by atoms with van der Waals surface area (Å²) >= 11 is 1.67. The van der Waals surface area contributed by atoms with Crippen molar-refractivity contribution in [1.82, 2.24) is 4.98 Å². The van der Waals surface area contributed by atoms with Gasteiger partial charge in [0, 0.05) is 6.42 Å². The molecule has 2 aromatic carbocycles. The first kappa shape index (κ1) is 12.1. The van der Waals surface area contributed by atoms with Crippen molar-refractivity contribution < 1.29 is 5.21 Å². The van der Waals surface area contributed by atoms with Gasteiger partial charge in [0.2, 0.25) is 0 Å². The van der Waals surface area contributed by atoms with Crippen LogP contribution in [0.4, 0.5) is 5.69 Å². The van der Waals surface area contributed by atoms with E-state index in [4.69, 9.17) is 5.21 Å². The van der Waals surface area contributed by atoms with Crippen LogP contribution in [0.1, 0.15) is 10.6 Å². The van der Waals surface area contributed by atoms with Gasteiger partial charge in [0.1, 0.15) is 0 Å². The predicted octanol–water partition coefficient (Wildman–Crippen LogP) is 3.58. The van der Waals surface area contributed by atoms with Gasteiger partial charge in [-0.3, -0.25) is 5.21 Å². The molecule has 5 heteroatoms. The molecule has 0 saturated heterocycles. The Morgan fingerprint density at radius 3 is 2.53 bits per heavy atom. The molecule has 1 N–H and O–H groups in total. The molecule has 0 spiro atoms. The maximum Gasteiger partial charge on any atom is 0.0982 e. The normalized spacial score (nSPS) is 10.8. The maximum absolute atomic E-state index is 10.7. The lowest BCUT2D eigenvalue weighted by atomic mass is 10.1. The van der Waals surface area contributed by atoms with Gasteiger partial charge in [-0.2, -0.15) is 0 Å². The highest BCUT2D eigenvalue weighted by atomic mass is 32.1. The zero-order valence-corrected chi connectivity index (χ0v) is 10.8. The Morgan fingerprint density at radius 2 is 1.84 bits per heavy atom. The summed E-state index contributed by atoms with van der Waals surface area (Å²) in [4.78, 5) is 4.56. The molecule has 19 heavy (non-hydrogen) atoms. The zero-order valence-electron chi connectivity index (χ0n) is 9.98. The average Bonchev–Trinajstić information content (AvgIpc) is 2.81. The molecular formula is C14H11N2O2S-. The Bertz CT molecular complexity index is 659. The smallest absolute Gasteiger partial charge is 0.0982 e. The standard InChI is InChI=1S/C14H11N2O2S/c17-16(18)11-7-5-10(6-8-11)9-14-15-12-3-1-2-4-13(12)19-14/h1-8,17H,9H2/q-1. The number of fused-ring (bicyclic) bond motifs is 1. The molecule has 0 unspecified atom stereocenters. The van der Waals surface area contributed by atoms with Crippen LogP contribution in [-0.4, -0.2) is 10.2 Å². The van der Waals surface area contributed by atoms with E-state index < -0.39 is 0 Å². The second-order valence-corrected chi connectivity index (χ2v) is 5.31. The van der Waals surface area contributed by atoms with E-state index in [-0.39, 0.29) is 10.9 Å². The minimum atomic E-state index is -0.137. The third-order valence-electron chi connectivity index (χ3n) is 2.85. The molecule has 3 aromatic rings. The zero-order chi connectivity index (χ0) is 13.2. The van der Waals surface area contributed by atoms with Crippen LogP contribution in [0.15, 0.2) is 48.5 Å². The number of anilines is 1. The van der Waals surface area contributed by atoms with Crippen LogP contribution in [0, 0.1) is 5.21 Å². The van der Waals surface area contributed by atoms with E-state index in [9.17, 15) is 5.21 Å². The molecule has 0 amide bonds. The van der Waals surface area contributed by atoms with Gasteiger partial charge in [-0.25, -0.2) is 4.98 Å². The summed E-state index contributed by atoms with van der Waals surface area (Å²) in [6, 6.07) is 14.9. The van der Waals surface area contributed by atoms with E-state index in [2.05, 4.69) is 11.1 Å². The molecular weight excluding hydrogens is 260 g/mol. The molecule has 3 rings (SSSR count). The van der Waals surface area contributed by atoms with Crippen LogP contribution in [0.25, 0.3) is 10.2 Å². The molecule has 0 aliphatic heterocycles. The van der Waals surface area contributed by atoms with E-state index in [0.717, 1.165) is 22.5 Å². The summed E-state index contributed by atoms with van der Waals surface area (Å²) in [7, 11) is 0. The molecule has 1 heterocycles. The first-order valence-electron chi connectivity index (χ1n) is 5.82. The lowest BCUT2D eigenvalue weighted by molar-refractivity contribution is 0.296. The molecule has 4 nitrogen and oxygen atoms in total. The van der Waals surface area contributed by atoms with E-state index in [1.807, 2.05) is 30.3 Å². The summed E-state index contributed by atoms with van der Waals surface area (Å²) in [6.45, 7) is 0. The van der Waals surface area contributed by atoms with Crippen LogP contribution >= 0.6 is 11.3 Å². The van der Waals surface area contributed by atoms with Crippen LogP contribution < -0.4 is 5.23 Å². The second kappa shape index (κ2) is 4.97. The lowest BCUT2D eigenvalue weighted by Gasteiger charge is -2.21. The average molecular weight is 271 g/mol. The summed E-state index contributed by atoms with van der Waals surface area (Å²) in [6.07, 6.45) is 0.726. The van der Waals surface area contributed by atoms with Gasteiger partial charge in [-0.1, -0.05) is 24.3 Å². The van der Waals surface area contributed by atoms with Gasteiger partial charge >= 0.3 is 0 Å². The minimum absolute atomic E-state index is 0.137. The highest BCUT2D eigenvalue weighted by molar-refractivity contribution is 7.18. The summed E-state index contributed by atoms with van der Waals surface area (Å²) < 4.78 is 1.18. The van der Waals surface area contributed by atoms with Crippen molar-refractivity contribution >= 4 is 27.2 Å². The van der Waals surface area contributed by atoms with Gasteiger partial charge in [0.25, 0.3) is 0 Å². The highest BCUT2D eigenvalue weighted by Crippen LogP contribution is 2.24. The number of aromatic nitrogens is 1. The molecule has 0 bridgehead atoms.